The molecule has 0 bridgehead atoms. The van der Waals surface area contributed by atoms with Crippen LogP contribution in [-0.4, -0.2) is 35.0 Å². The molecule has 0 radical (unpaired) electrons. The Morgan fingerprint density at radius 3 is 2.59 bits per heavy atom. The lowest BCUT2D eigenvalue weighted by atomic mass is 9.92. The third kappa shape index (κ3) is 3.90. The molecule has 4 aromatic rings. The van der Waals surface area contributed by atoms with E-state index in [0.717, 1.165) is 27.7 Å². The lowest BCUT2D eigenvalue weighted by Crippen LogP contribution is -2.43. The second-order valence-electron chi connectivity index (χ2n) is 8.16. The Balaban J connectivity index is 1.54. The molecule has 7 heteroatoms. The van der Waals surface area contributed by atoms with Gasteiger partial charge in [0.15, 0.2) is 0 Å². The largest absolute Gasteiger partial charge is 0.462 e. The summed E-state index contributed by atoms with van der Waals surface area (Å²) in [7, 11) is 0. The molecule has 2 N–H and O–H groups in total. The number of hydrogen-bond acceptors (Lipinski definition) is 3. The van der Waals surface area contributed by atoms with Gasteiger partial charge in [-0.05, 0) is 54.8 Å². The molecular weight excluding hydrogens is 433 g/mol. The van der Waals surface area contributed by atoms with Crippen LogP contribution in [0.15, 0.2) is 72.8 Å². The van der Waals surface area contributed by atoms with E-state index in [2.05, 4.69) is 16.4 Å². The van der Waals surface area contributed by atoms with Crippen LogP contribution in [0.4, 0.5) is 14.9 Å². The molecule has 1 aliphatic heterocycles. The van der Waals surface area contributed by atoms with Crippen molar-refractivity contribution in [2.45, 2.75) is 19.4 Å². The maximum Gasteiger partial charge on any atom is 0.340 e. The van der Waals surface area contributed by atoms with Crippen LogP contribution < -0.4 is 5.32 Å². The number of nitrogens with zero attached hydrogens (tertiary/aromatic N) is 1. The smallest absolute Gasteiger partial charge is 0.340 e. The van der Waals surface area contributed by atoms with E-state index in [1.807, 2.05) is 18.2 Å². The molecule has 2 amide bonds. The fourth-order valence-electron chi connectivity index (χ4n) is 4.62. The summed E-state index contributed by atoms with van der Waals surface area (Å²) in [4.78, 5) is 31.1. The number of carbonyl (C=O) groups excluding carboxylic acids is 2. The number of fused-ring (bicyclic) bond motifs is 3. The molecule has 0 saturated carbocycles. The van der Waals surface area contributed by atoms with Gasteiger partial charge in [-0.3, -0.25) is 0 Å². The van der Waals surface area contributed by atoms with Crippen LogP contribution in [0.2, 0.25) is 0 Å². The molecule has 34 heavy (non-hydrogen) atoms. The normalized spacial score (nSPS) is 15.1. The Morgan fingerprint density at radius 1 is 1.06 bits per heavy atom. The summed E-state index contributed by atoms with van der Waals surface area (Å²) in [6.07, 6.45) is 0.671. The van der Waals surface area contributed by atoms with E-state index in [4.69, 9.17) is 4.74 Å². The third-order valence-electron chi connectivity index (χ3n) is 6.15. The molecule has 1 atom stereocenters. The van der Waals surface area contributed by atoms with Crippen LogP contribution in [0.1, 0.15) is 40.1 Å². The Morgan fingerprint density at radius 2 is 1.79 bits per heavy atom. The summed E-state index contributed by atoms with van der Waals surface area (Å²) >= 11 is 0. The van der Waals surface area contributed by atoms with Crippen molar-refractivity contribution < 1.29 is 18.7 Å². The number of H-pyrrole nitrogens is 1. The standard InChI is InChI=1S/C27H24FN3O3/c1-2-34-26(32)21-8-4-6-10-23(21)30-27(33)31-16-15-20-19-7-3-5-9-22(19)29-24(20)25(31)17-11-13-18(28)14-12-17/h3-14,25,29H,2,15-16H2,1H3,(H,30,33). The number of rotatable bonds is 4. The molecule has 0 spiro atoms. The highest BCUT2D eigenvalue weighted by atomic mass is 19.1. The van der Waals surface area contributed by atoms with Gasteiger partial charge in [0.1, 0.15) is 5.82 Å². The summed E-state index contributed by atoms with van der Waals surface area (Å²) in [5.74, 6) is -0.833. The van der Waals surface area contributed by atoms with Crippen LogP contribution in [0.3, 0.4) is 0 Å². The highest BCUT2D eigenvalue weighted by Gasteiger charge is 2.35. The number of urea groups is 1. The summed E-state index contributed by atoms with van der Waals surface area (Å²) in [5, 5.41) is 4.02. The van der Waals surface area contributed by atoms with Crippen LogP contribution in [-0.2, 0) is 11.2 Å². The second kappa shape index (κ2) is 9.02. The number of carbonyl (C=O) groups is 2. The SMILES string of the molecule is CCOC(=O)c1ccccc1NC(=O)N1CCc2c([nH]c3ccccc23)C1c1ccc(F)cc1. The van der Waals surface area contributed by atoms with Gasteiger partial charge in [0.2, 0.25) is 0 Å². The molecule has 2 heterocycles. The lowest BCUT2D eigenvalue weighted by molar-refractivity contribution is 0.0527. The van der Waals surface area contributed by atoms with Crippen molar-refractivity contribution >= 4 is 28.6 Å². The number of amides is 2. The van der Waals surface area contributed by atoms with E-state index in [1.165, 1.54) is 12.1 Å². The maximum atomic E-state index is 13.7. The average Bonchev–Trinajstić information content (AvgIpc) is 3.23. The number of esters is 1. The van der Waals surface area contributed by atoms with Gasteiger partial charge in [-0.2, -0.15) is 0 Å². The maximum absolute atomic E-state index is 13.7. The fraction of sp³-hybridized carbons (Fsp3) is 0.185. The highest BCUT2D eigenvalue weighted by molar-refractivity contribution is 6.01. The first-order chi connectivity index (χ1) is 16.6. The minimum atomic E-state index is -0.495. The summed E-state index contributed by atoms with van der Waals surface area (Å²) in [6.45, 7) is 2.44. The van der Waals surface area contributed by atoms with E-state index in [0.29, 0.717) is 24.2 Å². The van der Waals surface area contributed by atoms with E-state index in [9.17, 15) is 14.0 Å². The molecule has 1 aromatic heterocycles. The molecule has 172 valence electrons. The number of aromatic amines is 1. The predicted octanol–water partition coefficient (Wildman–Crippen LogP) is 5.66. The topological polar surface area (TPSA) is 74.4 Å². The molecule has 0 fully saturated rings. The van der Waals surface area contributed by atoms with E-state index in [1.54, 1.807) is 48.2 Å². The fourth-order valence-corrected chi connectivity index (χ4v) is 4.62. The minimum absolute atomic E-state index is 0.239. The molecule has 1 unspecified atom stereocenters. The average molecular weight is 458 g/mol. The van der Waals surface area contributed by atoms with Crippen LogP contribution in [0, 0.1) is 5.82 Å². The summed E-state index contributed by atoms with van der Waals surface area (Å²) in [6, 6.07) is 20.2. The van der Waals surface area contributed by atoms with Gasteiger partial charge < -0.3 is 19.9 Å². The molecule has 3 aromatic carbocycles. The van der Waals surface area contributed by atoms with E-state index >= 15 is 0 Å². The zero-order valence-electron chi connectivity index (χ0n) is 18.7. The highest BCUT2D eigenvalue weighted by Crippen LogP contribution is 2.38. The van der Waals surface area contributed by atoms with Gasteiger partial charge >= 0.3 is 12.0 Å². The van der Waals surface area contributed by atoms with Crippen molar-refractivity contribution in [2.75, 3.05) is 18.5 Å². The second-order valence-corrected chi connectivity index (χ2v) is 8.16. The Hall–Kier alpha value is -4.13. The van der Waals surface area contributed by atoms with Crippen molar-refractivity contribution in [3.8, 4) is 0 Å². The van der Waals surface area contributed by atoms with Gasteiger partial charge in [0.25, 0.3) is 0 Å². The molecule has 0 saturated heterocycles. The van der Waals surface area contributed by atoms with Crippen LogP contribution in [0.25, 0.3) is 10.9 Å². The molecule has 0 aliphatic carbocycles. The molecule has 1 aliphatic rings. The quantitative estimate of drug-likeness (QED) is 0.388. The van der Waals surface area contributed by atoms with Gasteiger partial charge in [-0.15, -0.1) is 0 Å². The number of para-hydroxylation sites is 2. The number of ether oxygens (including phenoxy) is 1. The Labute approximate surface area is 196 Å². The third-order valence-corrected chi connectivity index (χ3v) is 6.15. The van der Waals surface area contributed by atoms with E-state index < -0.39 is 12.0 Å². The summed E-state index contributed by atoms with van der Waals surface area (Å²) in [5.41, 5.74) is 4.52. The lowest BCUT2D eigenvalue weighted by Gasteiger charge is -2.36. The summed E-state index contributed by atoms with van der Waals surface area (Å²) < 4.78 is 18.8. The molecule has 6 nitrogen and oxygen atoms in total. The Bertz CT molecular complexity index is 1360. The number of hydrogen-bond donors (Lipinski definition) is 2. The number of nitrogens with one attached hydrogen (secondary N) is 2. The number of anilines is 1. The van der Waals surface area contributed by atoms with Crippen LogP contribution in [0.5, 0.6) is 0 Å². The van der Waals surface area contributed by atoms with Crippen LogP contribution >= 0.6 is 0 Å². The van der Waals surface area contributed by atoms with Gasteiger partial charge in [-0.25, -0.2) is 14.0 Å². The van der Waals surface area contributed by atoms with E-state index in [-0.39, 0.29) is 18.5 Å². The number of halogens is 1. The zero-order chi connectivity index (χ0) is 23.7. The van der Waals surface area contributed by atoms with Crippen molar-refractivity contribution in [3.63, 3.8) is 0 Å². The predicted molar refractivity (Wildman–Crippen MR) is 128 cm³/mol. The first kappa shape index (κ1) is 21.7. The van der Waals surface area contributed by atoms with Crippen molar-refractivity contribution in [1.82, 2.24) is 9.88 Å². The minimum Gasteiger partial charge on any atom is -0.462 e. The first-order valence-corrected chi connectivity index (χ1v) is 11.3. The van der Waals surface area contributed by atoms with Gasteiger partial charge in [0, 0.05) is 23.1 Å². The number of benzene rings is 3. The number of aromatic nitrogens is 1. The van der Waals surface area contributed by atoms with Gasteiger partial charge in [0.05, 0.1) is 23.9 Å². The molecule has 5 rings (SSSR count). The zero-order valence-corrected chi connectivity index (χ0v) is 18.7. The first-order valence-electron chi connectivity index (χ1n) is 11.3. The monoisotopic (exact) mass is 457 g/mol. The van der Waals surface area contributed by atoms with Crippen molar-refractivity contribution in [3.05, 3.63) is 101 Å². The van der Waals surface area contributed by atoms with Crippen molar-refractivity contribution in [1.29, 1.82) is 0 Å². The Kier molecular flexibility index (Phi) is 5.76. The molecular formula is C27H24FN3O3. The van der Waals surface area contributed by atoms with Crippen molar-refractivity contribution in [2.24, 2.45) is 0 Å². The van der Waals surface area contributed by atoms with Gasteiger partial charge in [-0.1, -0.05) is 42.5 Å².